The van der Waals surface area contributed by atoms with Gasteiger partial charge in [0, 0.05) is 24.7 Å². The minimum atomic E-state index is -0.932. The number of nitrogens with zero attached hydrogens (tertiary/aromatic N) is 1. The minimum absolute atomic E-state index is 0.0291. The number of aliphatic hydroxyl groups excluding tert-OH is 1. The predicted octanol–water partition coefficient (Wildman–Crippen LogP) is -0.0755. The Morgan fingerprint density at radius 3 is 2.75 bits per heavy atom. The maximum absolute atomic E-state index is 12.3. The van der Waals surface area contributed by atoms with E-state index in [9.17, 15) is 24.3 Å². The average Bonchev–Trinajstić information content (AvgIpc) is 3.14. The maximum atomic E-state index is 12.3. The summed E-state index contributed by atoms with van der Waals surface area (Å²) in [5.74, 6) is -0.488. The lowest BCUT2D eigenvalue weighted by Gasteiger charge is -2.19. The molecule has 2 aromatic rings. The molecule has 11 heteroatoms. The first-order valence-corrected chi connectivity index (χ1v) is 10.1. The van der Waals surface area contributed by atoms with E-state index in [-0.39, 0.29) is 19.6 Å². The van der Waals surface area contributed by atoms with E-state index < -0.39 is 47.7 Å². The first-order valence-electron chi connectivity index (χ1n) is 10.1. The summed E-state index contributed by atoms with van der Waals surface area (Å²) in [7, 11) is 0. The van der Waals surface area contributed by atoms with E-state index in [0.717, 1.165) is 5.56 Å². The second kappa shape index (κ2) is 10.2. The molecule has 4 atom stereocenters. The summed E-state index contributed by atoms with van der Waals surface area (Å²) in [6.45, 7) is 3.10. The molecule has 11 nitrogen and oxygen atoms in total. The van der Waals surface area contributed by atoms with Crippen LogP contribution in [0.5, 0.6) is 0 Å². The van der Waals surface area contributed by atoms with Crippen LogP contribution < -0.4 is 21.9 Å². The van der Waals surface area contributed by atoms with Crippen molar-refractivity contribution in [3.63, 3.8) is 0 Å². The number of hydrogen-bond acceptors (Lipinski definition) is 7. The van der Waals surface area contributed by atoms with Crippen LogP contribution >= 0.6 is 0 Å². The van der Waals surface area contributed by atoms with E-state index in [1.54, 1.807) is 6.92 Å². The highest BCUT2D eigenvalue weighted by Gasteiger charge is 2.36. The topological polar surface area (TPSA) is 152 Å². The number of carbonyl (C=O) groups is 2. The fourth-order valence-corrected chi connectivity index (χ4v) is 3.23. The lowest BCUT2D eigenvalue weighted by Crippen LogP contribution is -2.47. The predicted molar refractivity (Wildman–Crippen MR) is 113 cm³/mol. The van der Waals surface area contributed by atoms with Crippen molar-refractivity contribution in [1.29, 1.82) is 0 Å². The molecule has 0 unspecified atom stereocenters. The summed E-state index contributed by atoms with van der Waals surface area (Å²) in [6, 6.07) is 8.25. The van der Waals surface area contributed by atoms with Gasteiger partial charge >= 0.3 is 11.8 Å². The first-order chi connectivity index (χ1) is 15.2. The summed E-state index contributed by atoms with van der Waals surface area (Å²) in [5.41, 5.74) is 0.0173. The third-order valence-corrected chi connectivity index (χ3v) is 5.08. The van der Waals surface area contributed by atoms with Crippen molar-refractivity contribution in [3.05, 3.63) is 68.5 Å². The van der Waals surface area contributed by atoms with Crippen LogP contribution in [-0.4, -0.2) is 51.5 Å². The Bertz CT molecular complexity index is 1070. The van der Waals surface area contributed by atoms with Gasteiger partial charge < -0.3 is 25.2 Å². The molecule has 0 aliphatic carbocycles. The number of ether oxygens (including phenoxy) is 2. The van der Waals surface area contributed by atoms with Crippen molar-refractivity contribution in [2.75, 3.05) is 6.54 Å². The molecular formula is C21H26N4O7. The SMILES string of the molecule is Cc1cn([C@H]2C[C@H](O)[C@@H](CNC(=O)[C@H](C)NC(=O)OCc3ccccc3)O2)c(=O)[nH]c1=O. The van der Waals surface area contributed by atoms with Gasteiger partial charge in [0.25, 0.3) is 5.56 Å². The van der Waals surface area contributed by atoms with Gasteiger partial charge in [0.05, 0.1) is 6.10 Å². The lowest BCUT2D eigenvalue weighted by molar-refractivity contribution is -0.123. The number of carbonyl (C=O) groups excluding carboxylic acids is 2. The summed E-state index contributed by atoms with van der Waals surface area (Å²) in [5, 5.41) is 15.3. The summed E-state index contributed by atoms with van der Waals surface area (Å²) < 4.78 is 12.0. The molecule has 1 saturated heterocycles. The molecule has 1 aliphatic rings. The van der Waals surface area contributed by atoms with Gasteiger partial charge in [0.2, 0.25) is 5.91 Å². The van der Waals surface area contributed by atoms with Crippen LogP contribution in [-0.2, 0) is 20.9 Å². The van der Waals surface area contributed by atoms with Gasteiger partial charge in [-0.1, -0.05) is 30.3 Å². The Labute approximate surface area is 183 Å². The van der Waals surface area contributed by atoms with Crippen molar-refractivity contribution in [2.24, 2.45) is 0 Å². The Morgan fingerprint density at radius 2 is 2.03 bits per heavy atom. The number of benzene rings is 1. The number of nitrogens with one attached hydrogen (secondary N) is 3. The Balaban J connectivity index is 1.46. The average molecular weight is 446 g/mol. The second-order valence-electron chi connectivity index (χ2n) is 7.58. The summed E-state index contributed by atoms with van der Waals surface area (Å²) in [4.78, 5) is 49.9. The standard InChI is InChI=1S/C21H26N4O7/c1-12-10-25(20(29)24-18(12)27)17-8-15(26)16(32-17)9-22-19(28)13(2)23-21(30)31-11-14-6-4-3-5-7-14/h3-7,10,13,15-17,26H,8-9,11H2,1-2H3,(H,22,28)(H,23,30)(H,24,27,29)/t13-,15-,16+,17+/m0/s1. The van der Waals surface area contributed by atoms with E-state index in [2.05, 4.69) is 15.6 Å². The Hall–Kier alpha value is -3.44. The molecule has 1 aromatic carbocycles. The molecule has 0 radical (unpaired) electrons. The van der Waals surface area contributed by atoms with Gasteiger partial charge in [-0.15, -0.1) is 0 Å². The fraction of sp³-hybridized carbons (Fsp3) is 0.429. The molecule has 172 valence electrons. The number of hydrogen-bond donors (Lipinski definition) is 4. The highest BCUT2D eigenvalue weighted by atomic mass is 16.5. The second-order valence-corrected chi connectivity index (χ2v) is 7.58. The van der Waals surface area contributed by atoms with Crippen LogP contribution in [0.3, 0.4) is 0 Å². The van der Waals surface area contributed by atoms with Gasteiger partial charge in [0.15, 0.2) is 0 Å². The number of aryl methyl sites for hydroxylation is 1. The van der Waals surface area contributed by atoms with E-state index in [1.807, 2.05) is 30.3 Å². The van der Waals surface area contributed by atoms with Crippen molar-refractivity contribution in [3.8, 4) is 0 Å². The number of aliphatic hydroxyl groups is 1. The molecule has 0 bridgehead atoms. The van der Waals surface area contributed by atoms with Gasteiger partial charge in [-0.3, -0.25) is 19.1 Å². The quantitative estimate of drug-likeness (QED) is 0.464. The smallest absolute Gasteiger partial charge is 0.408 e. The van der Waals surface area contributed by atoms with Gasteiger partial charge in [0.1, 0.15) is 25.0 Å². The zero-order chi connectivity index (χ0) is 23.3. The fourth-order valence-electron chi connectivity index (χ4n) is 3.23. The highest BCUT2D eigenvalue weighted by Crippen LogP contribution is 2.27. The highest BCUT2D eigenvalue weighted by molar-refractivity contribution is 5.85. The van der Waals surface area contributed by atoms with E-state index in [1.165, 1.54) is 17.7 Å². The van der Waals surface area contributed by atoms with Crippen LogP contribution in [0.15, 0.2) is 46.1 Å². The monoisotopic (exact) mass is 446 g/mol. The molecule has 0 spiro atoms. The molecule has 0 saturated carbocycles. The molecule has 3 rings (SSSR count). The summed E-state index contributed by atoms with van der Waals surface area (Å²) >= 11 is 0. The van der Waals surface area contributed by atoms with E-state index in [4.69, 9.17) is 9.47 Å². The Kier molecular flexibility index (Phi) is 7.44. The van der Waals surface area contributed by atoms with Crippen molar-refractivity contribution in [2.45, 2.75) is 51.4 Å². The lowest BCUT2D eigenvalue weighted by atomic mass is 10.1. The molecule has 1 aliphatic heterocycles. The van der Waals surface area contributed by atoms with E-state index in [0.29, 0.717) is 5.56 Å². The molecule has 1 aromatic heterocycles. The number of rotatable bonds is 7. The van der Waals surface area contributed by atoms with Gasteiger partial charge in [-0.05, 0) is 19.4 Å². The first kappa shape index (κ1) is 23.2. The zero-order valence-corrected chi connectivity index (χ0v) is 17.7. The number of aromatic nitrogens is 2. The summed E-state index contributed by atoms with van der Waals surface area (Å²) in [6.07, 6.45) is -1.73. The zero-order valence-electron chi connectivity index (χ0n) is 17.7. The molecular weight excluding hydrogens is 420 g/mol. The Morgan fingerprint density at radius 1 is 1.31 bits per heavy atom. The van der Waals surface area contributed by atoms with Crippen LogP contribution in [0.1, 0.15) is 30.7 Å². The van der Waals surface area contributed by atoms with Crippen LogP contribution in [0.25, 0.3) is 0 Å². The number of H-pyrrole nitrogens is 1. The van der Waals surface area contributed by atoms with Crippen LogP contribution in [0.4, 0.5) is 4.79 Å². The number of aromatic amines is 1. The largest absolute Gasteiger partial charge is 0.445 e. The number of amides is 2. The maximum Gasteiger partial charge on any atom is 0.408 e. The molecule has 1 fully saturated rings. The third-order valence-electron chi connectivity index (χ3n) is 5.08. The normalized spacial score (nSPS) is 21.0. The molecule has 32 heavy (non-hydrogen) atoms. The van der Waals surface area contributed by atoms with Gasteiger partial charge in [-0.2, -0.15) is 0 Å². The molecule has 4 N–H and O–H groups in total. The van der Waals surface area contributed by atoms with Crippen molar-refractivity contribution in [1.82, 2.24) is 20.2 Å². The van der Waals surface area contributed by atoms with Crippen LogP contribution in [0, 0.1) is 6.92 Å². The van der Waals surface area contributed by atoms with Crippen molar-refractivity contribution >= 4 is 12.0 Å². The van der Waals surface area contributed by atoms with Gasteiger partial charge in [-0.25, -0.2) is 9.59 Å². The van der Waals surface area contributed by atoms with E-state index >= 15 is 0 Å². The van der Waals surface area contributed by atoms with Crippen LogP contribution in [0.2, 0.25) is 0 Å². The molecule has 2 amide bonds. The minimum Gasteiger partial charge on any atom is -0.445 e. The third kappa shape index (κ3) is 5.83. The van der Waals surface area contributed by atoms with Crippen molar-refractivity contribution < 1.29 is 24.2 Å². The number of alkyl carbamates (subject to hydrolysis) is 1. The molecule has 2 heterocycles.